The van der Waals surface area contributed by atoms with Crippen molar-refractivity contribution in [2.75, 3.05) is 13.2 Å². The monoisotopic (exact) mass is 807 g/mol. The minimum Gasteiger partial charge on any atom is -0.462 e. The second-order valence-corrected chi connectivity index (χ2v) is 17.7. The molecule has 0 radical (unpaired) electrons. The molecule has 0 aliphatic carbocycles. The molecule has 6 nitrogen and oxygen atoms in total. The largest absolute Gasteiger partial charge is 0.462 e. The normalized spacial score (nSPS) is 12.4. The zero-order valence-electron chi connectivity index (χ0n) is 38.8. The van der Waals surface area contributed by atoms with Crippen molar-refractivity contribution in [2.45, 2.75) is 291 Å². The van der Waals surface area contributed by atoms with Crippen LogP contribution in [0.2, 0.25) is 0 Å². The Kier molecular flexibility index (Phi) is 44.2. The number of hydrogen-bond donors (Lipinski definition) is 0. The average molecular weight is 807 g/mol. The minimum absolute atomic E-state index is 0.0631. The first-order valence-corrected chi connectivity index (χ1v) is 25.4. The summed E-state index contributed by atoms with van der Waals surface area (Å²) in [7, 11) is 0. The molecule has 338 valence electrons. The number of ether oxygens (including phenoxy) is 3. The van der Waals surface area contributed by atoms with Crippen LogP contribution in [0.3, 0.4) is 0 Å². The smallest absolute Gasteiger partial charge is 0.306 e. The average Bonchev–Trinajstić information content (AvgIpc) is 3.21. The molecule has 0 rings (SSSR count). The third-order valence-corrected chi connectivity index (χ3v) is 11.9. The summed E-state index contributed by atoms with van der Waals surface area (Å²) in [6, 6.07) is 0. The minimum atomic E-state index is -0.760. The highest BCUT2D eigenvalue weighted by atomic mass is 16.6. The zero-order valence-corrected chi connectivity index (χ0v) is 38.8. The number of esters is 3. The molecule has 0 spiro atoms. The van der Waals surface area contributed by atoms with Gasteiger partial charge in [-0.3, -0.25) is 14.4 Å². The van der Waals surface area contributed by atoms with E-state index in [0.29, 0.717) is 19.3 Å². The number of carbonyl (C=O) groups excluding carboxylic acids is 3. The maximum atomic E-state index is 12.8. The van der Waals surface area contributed by atoms with E-state index in [1.54, 1.807) is 0 Å². The van der Waals surface area contributed by atoms with Gasteiger partial charge in [-0.15, -0.1) is 0 Å². The Balaban J connectivity index is 4.33. The molecular weight excluding hydrogens is 709 g/mol. The molecule has 0 amide bonds. The second kappa shape index (κ2) is 45.5. The van der Waals surface area contributed by atoms with E-state index < -0.39 is 6.10 Å². The summed E-state index contributed by atoms with van der Waals surface area (Å²) in [5.74, 6) is 0.00129. The maximum Gasteiger partial charge on any atom is 0.306 e. The van der Waals surface area contributed by atoms with Crippen molar-refractivity contribution in [1.29, 1.82) is 0 Å². The Morgan fingerprint density at radius 1 is 0.351 bits per heavy atom. The zero-order chi connectivity index (χ0) is 41.7. The number of hydrogen-bond acceptors (Lipinski definition) is 6. The lowest BCUT2D eigenvalue weighted by molar-refractivity contribution is -0.167. The first kappa shape index (κ1) is 55.4. The molecule has 1 unspecified atom stereocenters. The van der Waals surface area contributed by atoms with Crippen molar-refractivity contribution in [3.8, 4) is 0 Å². The summed E-state index contributed by atoms with van der Waals surface area (Å²) in [5.41, 5.74) is 0. The summed E-state index contributed by atoms with van der Waals surface area (Å²) in [5, 5.41) is 0. The highest BCUT2D eigenvalue weighted by molar-refractivity contribution is 5.71. The predicted octanol–water partition coefficient (Wildman–Crippen LogP) is 16.3. The van der Waals surface area contributed by atoms with E-state index in [9.17, 15) is 14.4 Å². The Morgan fingerprint density at radius 2 is 0.614 bits per heavy atom. The molecule has 57 heavy (non-hydrogen) atoms. The summed E-state index contributed by atoms with van der Waals surface area (Å²) in [4.78, 5) is 37.9. The Morgan fingerprint density at radius 3 is 0.912 bits per heavy atom. The number of unbranched alkanes of at least 4 members (excludes halogenated alkanes) is 32. The molecule has 0 N–H and O–H groups in total. The van der Waals surface area contributed by atoms with Gasteiger partial charge in [0.05, 0.1) is 0 Å². The lowest BCUT2D eigenvalue weighted by atomic mass is 9.99. The molecule has 0 aromatic heterocycles. The van der Waals surface area contributed by atoms with Crippen molar-refractivity contribution >= 4 is 17.9 Å². The van der Waals surface area contributed by atoms with Gasteiger partial charge in [0, 0.05) is 19.3 Å². The van der Waals surface area contributed by atoms with E-state index in [2.05, 4.69) is 27.7 Å². The van der Waals surface area contributed by atoms with Gasteiger partial charge in [0.25, 0.3) is 0 Å². The summed E-state index contributed by atoms with van der Waals surface area (Å²) < 4.78 is 16.8. The van der Waals surface area contributed by atoms with Gasteiger partial charge in [0.2, 0.25) is 0 Å². The van der Waals surface area contributed by atoms with Crippen LogP contribution in [0.5, 0.6) is 0 Å². The third kappa shape index (κ3) is 43.8. The maximum absolute atomic E-state index is 12.8. The first-order chi connectivity index (χ1) is 27.9. The molecule has 0 saturated carbocycles. The fraction of sp³-hybridized carbons (Fsp3) is 0.941. The van der Waals surface area contributed by atoms with Crippen LogP contribution in [0.1, 0.15) is 285 Å². The van der Waals surface area contributed by atoms with Crippen LogP contribution in [0.4, 0.5) is 0 Å². The van der Waals surface area contributed by atoms with E-state index in [-0.39, 0.29) is 31.1 Å². The van der Waals surface area contributed by atoms with Crippen LogP contribution in [-0.4, -0.2) is 37.2 Å². The lowest BCUT2D eigenvalue weighted by Gasteiger charge is -2.18. The lowest BCUT2D eigenvalue weighted by Crippen LogP contribution is -2.30. The van der Waals surface area contributed by atoms with Gasteiger partial charge in [0.15, 0.2) is 6.10 Å². The fourth-order valence-corrected chi connectivity index (χ4v) is 7.66. The first-order valence-electron chi connectivity index (χ1n) is 25.4. The van der Waals surface area contributed by atoms with Gasteiger partial charge in [-0.2, -0.15) is 0 Å². The Hall–Kier alpha value is -1.59. The number of rotatable bonds is 46. The van der Waals surface area contributed by atoms with Crippen molar-refractivity contribution in [1.82, 2.24) is 0 Å². The third-order valence-electron chi connectivity index (χ3n) is 11.9. The highest BCUT2D eigenvalue weighted by Gasteiger charge is 2.19. The molecule has 0 heterocycles. The van der Waals surface area contributed by atoms with Crippen LogP contribution in [-0.2, 0) is 28.6 Å². The number of carbonyl (C=O) groups is 3. The van der Waals surface area contributed by atoms with E-state index in [1.807, 2.05) is 0 Å². The second-order valence-electron chi connectivity index (χ2n) is 17.7. The molecule has 0 saturated heterocycles. The van der Waals surface area contributed by atoms with Crippen LogP contribution in [0, 0.1) is 5.92 Å². The van der Waals surface area contributed by atoms with E-state index in [1.165, 1.54) is 180 Å². The van der Waals surface area contributed by atoms with Crippen LogP contribution < -0.4 is 0 Å². The molecule has 0 aromatic rings. The fourth-order valence-electron chi connectivity index (χ4n) is 7.66. The van der Waals surface area contributed by atoms with Crippen molar-refractivity contribution in [3.63, 3.8) is 0 Å². The Bertz CT molecular complexity index is 859. The molecule has 0 aliphatic rings. The molecule has 0 aliphatic heterocycles. The van der Waals surface area contributed by atoms with Gasteiger partial charge in [-0.1, -0.05) is 246 Å². The SMILES string of the molecule is CCCCCCCCCCCCCCCCC(=O)O[C@H](COC(=O)CCCCCCCCCCCCCCC)COC(=O)CCCCCCCCCCC(C)CC. The topological polar surface area (TPSA) is 78.9 Å². The summed E-state index contributed by atoms with van der Waals surface area (Å²) in [6.45, 7) is 9.03. The van der Waals surface area contributed by atoms with E-state index in [4.69, 9.17) is 14.2 Å². The predicted molar refractivity (Wildman–Crippen MR) is 243 cm³/mol. The van der Waals surface area contributed by atoms with Crippen LogP contribution in [0.15, 0.2) is 0 Å². The van der Waals surface area contributed by atoms with E-state index >= 15 is 0 Å². The van der Waals surface area contributed by atoms with Gasteiger partial charge in [-0.05, 0) is 25.2 Å². The van der Waals surface area contributed by atoms with Gasteiger partial charge in [-0.25, -0.2) is 0 Å². The van der Waals surface area contributed by atoms with Crippen molar-refractivity contribution in [2.24, 2.45) is 5.92 Å². The Labute approximate surface area is 355 Å². The summed E-state index contributed by atoms with van der Waals surface area (Å²) >= 11 is 0. The van der Waals surface area contributed by atoms with Crippen molar-refractivity contribution < 1.29 is 28.6 Å². The molecule has 0 bridgehead atoms. The van der Waals surface area contributed by atoms with Crippen LogP contribution >= 0.6 is 0 Å². The van der Waals surface area contributed by atoms with Crippen molar-refractivity contribution in [3.05, 3.63) is 0 Å². The van der Waals surface area contributed by atoms with Gasteiger partial charge in [0.1, 0.15) is 13.2 Å². The molecule has 0 fully saturated rings. The summed E-state index contributed by atoms with van der Waals surface area (Å²) in [6.07, 6.45) is 46.5. The molecule has 2 atom stereocenters. The molecular formula is C51H98O6. The van der Waals surface area contributed by atoms with Crippen LogP contribution in [0.25, 0.3) is 0 Å². The molecule has 0 aromatic carbocycles. The highest BCUT2D eigenvalue weighted by Crippen LogP contribution is 2.17. The molecule has 6 heteroatoms. The quantitative estimate of drug-likeness (QED) is 0.0346. The van der Waals surface area contributed by atoms with Gasteiger partial charge >= 0.3 is 17.9 Å². The standard InChI is InChI=1S/C51H98O6/c1-5-8-10-12-14-16-18-20-22-24-26-32-36-40-44-51(54)57-48(46-56-50(53)43-39-35-31-28-27-29-33-37-41-47(4)7-3)45-55-49(52)42-38-34-30-25-23-21-19-17-15-13-11-9-6-2/h47-48H,5-46H2,1-4H3/t47?,48-/m1/s1. The van der Waals surface area contributed by atoms with E-state index in [0.717, 1.165) is 63.7 Å². The van der Waals surface area contributed by atoms with Gasteiger partial charge < -0.3 is 14.2 Å².